The largest absolute Gasteiger partial charge is 0.443 e. The molecule has 0 amide bonds. The molecule has 102 valence electrons. The fourth-order valence-corrected chi connectivity index (χ4v) is 1.92. The van der Waals surface area contributed by atoms with E-state index in [1.807, 2.05) is 44.6 Å². The molecule has 0 fully saturated rings. The summed E-state index contributed by atoms with van der Waals surface area (Å²) in [7, 11) is 1.88. The highest BCUT2D eigenvalue weighted by atomic mass is 79.9. The smallest absolute Gasteiger partial charge is 0.419 e. The van der Waals surface area contributed by atoms with Crippen molar-refractivity contribution in [3.05, 3.63) is 29.3 Å². The molecule has 0 aromatic carbocycles. The molecule has 0 unspecified atom stereocenters. The minimum atomic E-state index is -0.524. The number of aryl methyl sites for hydroxylation is 1. The third-order valence-electron chi connectivity index (χ3n) is 2.42. The Labute approximate surface area is 120 Å². The normalized spacial score (nSPS) is 11.6. The van der Waals surface area contributed by atoms with Gasteiger partial charge in [0.15, 0.2) is 4.73 Å². The summed E-state index contributed by atoms with van der Waals surface area (Å²) >= 11 is 3.34. The number of carbonyl (C=O) groups is 1. The molecule has 0 spiro atoms. The van der Waals surface area contributed by atoms with Crippen LogP contribution in [0.15, 0.2) is 29.3 Å². The molecule has 0 saturated heterocycles. The molecule has 0 aliphatic heterocycles. The molecule has 5 nitrogen and oxygen atoms in total. The van der Waals surface area contributed by atoms with Crippen LogP contribution in [-0.4, -0.2) is 25.8 Å². The summed E-state index contributed by atoms with van der Waals surface area (Å²) in [6, 6.07) is 3.63. The number of hydrogen-bond donors (Lipinski definition) is 0. The van der Waals surface area contributed by atoms with E-state index in [4.69, 9.17) is 4.74 Å². The van der Waals surface area contributed by atoms with E-state index in [2.05, 4.69) is 20.9 Å². The molecule has 0 saturated carbocycles. The lowest BCUT2D eigenvalue weighted by Gasteiger charge is -2.20. The van der Waals surface area contributed by atoms with Gasteiger partial charge in [-0.2, -0.15) is 0 Å². The van der Waals surface area contributed by atoms with Crippen LogP contribution in [0.5, 0.6) is 0 Å². The summed E-state index contributed by atoms with van der Waals surface area (Å²) in [5.74, 6) is 0. The molecule has 0 bridgehead atoms. The lowest BCUT2D eigenvalue weighted by Crippen LogP contribution is -2.27. The van der Waals surface area contributed by atoms with E-state index >= 15 is 0 Å². The number of rotatable bonds is 1. The van der Waals surface area contributed by atoms with Crippen molar-refractivity contribution in [3.8, 4) is 11.4 Å². The van der Waals surface area contributed by atoms with Gasteiger partial charge in [-0.1, -0.05) is 0 Å². The van der Waals surface area contributed by atoms with Gasteiger partial charge in [-0.15, -0.1) is 0 Å². The first kappa shape index (κ1) is 13.9. The van der Waals surface area contributed by atoms with Crippen LogP contribution in [0.1, 0.15) is 20.8 Å². The van der Waals surface area contributed by atoms with E-state index in [0.717, 1.165) is 0 Å². The van der Waals surface area contributed by atoms with Gasteiger partial charge in [0.1, 0.15) is 11.3 Å². The number of aromatic nitrogens is 3. The number of nitrogens with zero attached hydrogens (tertiary/aromatic N) is 3. The molecule has 2 heterocycles. The number of hydrogen-bond acceptors (Lipinski definition) is 3. The van der Waals surface area contributed by atoms with Gasteiger partial charge < -0.3 is 9.30 Å². The second-order valence-electron chi connectivity index (χ2n) is 5.25. The highest BCUT2D eigenvalue weighted by molar-refractivity contribution is 9.10. The molecule has 6 heteroatoms. The van der Waals surface area contributed by atoms with Crippen molar-refractivity contribution in [3.63, 3.8) is 0 Å². The Morgan fingerprint density at radius 2 is 2.11 bits per heavy atom. The van der Waals surface area contributed by atoms with Crippen LogP contribution >= 0.6 is 15.9 Å². The van der Waals surface area contributed by atoms with E-state index in [1.165, 1.54) is 4.57 Å². The Balaban J connectivity index is 2.35. The van der Waals surface area contributed by atoms with Crippen molar-refractivity contribution < 1.29 is 9.53 Å². The topological polar surface area (TPSA) is 49.0 Å². The molecule has 2 aromatic heterocycles. The van der Waals surface area contributed by atoms with Gasteiger partial charge in [-0.3, -0.25) is 4.57 Å². The Kier molecular flexibility index (Phi) is 3.54. The molecule has 0 radical (unpaired) electrons. The minimum Gasteiger partial charge on any atom is -0.443 e. The third-order valence-corrected chi connectivity index (χ3v) is 3.16. The first-order valence-electron chi connectivity index (χ1n) is 5.88. The molecule has 0 atom stereocenters. The first-order chi connectivity index (χ1) is 8.78. The van der Waals surface area contributed by atoms with Crippen LogP contribution in [-0.2, 0) is 11.8 Å². The monoisotopic (exact) mass is 325 g/mol. The second kappa shape index (κ2) is 4.85. The van der Waals surface area contributed by atoms with Crippen molar-refractivity contribution in [1.82, 2.24) is 14.1 Å². The predicted molar refractivity (Wildman–Crippen MR) is 76.0 cm³/mol. The average molecular weight is 326 g/mol. The Morgan fingerprint density at radius 3 is 2.63 bits per heavy atom. The summed E-state index contributed by atoms with van der Waals surface area (Å²) in [6.45, 7) is 5.52. The lowest BCUT2D eigenvalue weighted by atomic mass is 10.2. The molecule has 2 aromatic rings. The summed E-state index contributed by atoms with van der Waals surface area (Å²) in [5, 5.41) is 0. The zero-order valence-corrected chi connectivity index (χ0v) is 12.9. The van der Waals surface area contributed by atoms with E-state index in [1.54, 1.807) is 12.3 Å². The molecule has 19 heavy (non-hydrogen) atoms. The van der Waals surface area contributed by atoms with Crippen LogP contribution in [0.4, 0.5) is 4.79 Å². The van der Waals surface area contributed by atoms with Gasteiger partial charge in [0.25, 0.3) is 0 Å². The van der Waals surface area contributed by atoms with Crippen LogP contribution < -0.4 is 0 Å². The Bertz CT molecular complexity index is 588. The fourth-order valence-electron chi connectivity index (χ4n) is 1.63. The van der Waals surface area contributed by atoms with E-state index < -0.39 is 11.7 Å². The van der Waals surface area contributed by atoms with Crippen molar-refractivity contribution in [2.75, 3.05) is 0 Å². The summed E-state index contributed by atoms with van der Waals surface area (Å²) < 4.78 is 9.36. The average Bonchev–Trinajstić information content (AvgIpc) is 2.83. The first-order valence-corrected chi connectivity index (χ1v) is 6.67. The highest BCUT2D eigenvalue weighted by Crippen LogP contribution is 2.22. The van der Waals surface area contributed by atoms with Crippen LogP contribution in [0.25, 0.3) is 11.4 Å². The number of carbonyl (C=O) groups excluding carboxylic acids is 1. The Morgan fingerprint density at radius 1 is 1.42 bits per heavy atom. The maximum atomic E-state index is 12.1. The molecule has 0 aliphatic carbocycles. The number of halogens is 1. The maximum Gasteiger partial charge on any atom is 0.419 e. The summed E-state index contributed by atoms with van der Waals surface area (Å²) in [6.07, 6.45) is 3.11. The zero-order valence-electron chi connectivity index (χ0n) is 11.3. The second-order valence-corrected chi connectivity index (χ2v) is 5.96. The number of imidazole rings is 1. The molecule has 0 aliphatic rings. The highest BCUT2D eigenvalue weighted by Gasteiger charge is 2.20. The van der Waals surface area contributed by atoms with Gasteiger partial charge in [0, 0.05) is 19.4 Å². The number of ether oxygens (including phenoxy) is 1. The maximum absolute atomic E-state index is 12.1. The summed E-state index contributed by atoms with van der Waals surface area (Å²) in [5.41, 5.74) is 0.893. The standard InChI is InChI=1S/C13H16BrN3O2/c1-13(2,3)19-12(18)17-7-5-6-10(17)9-8-16(4)11(14)15-9/h5-8H,1-4H3. The van der Waals surface area contributed by atoms with Gasteiger partial charge in [0.2, 0.25) is 0 Å². The van der Waals surface area contributed by atoms with E-state index in [9.17, 15) is 4.79 Å². The lowest BCUT2D eigenvalue weighted by molar-refractivity contribution is 0.0540. The van der Waals surface area contributed by atoms with Crippen molar-refractivity contribution in [2.24, 2.45) is 7.05 Å². The molecular formula is C13H16BrN3O2. The van der Waals surface area contributed by atoms with Crippen molar-refractivity contribution in [1.29, 1.82) is 0 Å². The van der Waals surface area contributed by atoms with Crippen LogP contribution in [0.2, 0.25) is 0 Å². The zero-order chi connectivity index (χ0) is 14.2. The quantitative estimate of drug-likeness (QED) is 0.807. The minimum absolute atomic E-state index is 0.408. The molecule has 0 N–H and O–H groups in total. The third kappa shape index (κ3) is 3.07. The van der Waals surface area contributed by atoms with Crippen LogP contribution in [0.3, 0.4) is 0 Å². The predicted octanol–water partition coefficient (Wildman–Crippen LogP) is 3.43. The Hall–Kier alpha value is -1.56. The summed E-state index contributed by atoms with van der Waals surface area (Å²) in [4.78, 5) is 16.4. The molecule has 2 rings (SSSR count). The van der Waals surface area contributed by atoms with Gasteiger partial charge in [-0.25, -0.2) is 9.78 Å². The van der Waals surface area contributed by atoms with Crippen molar-refractivity contribution >= 4 is 22.0 Å². The van der Waals surface area contributed by atoms with Gasteiger partial charge >= 0.3 is 6.09 Å². The van der Waals surface area contributed by atoms with Gasteiger partial charge in [-0.05, 0) is 48.8 Å². The fraction of sp³-hybridized carbons (Fsp3) is 0.385. The van der Waals surface area contributed by atoms with Crippen LogP contribution in [0, 0.1) is 0 Å². The molecular weight excluding hydrogens is 310 g/mol. The van der Waals surface area contributed by atoms with Gasteiger partial charge in [0.05, 0.1) is 5.69 Å². The SMILES string of the molecule is Cn1cc(-c2cccn2C(=O)OC(C)(C)C)nc1Br. The van der Waals surface area contributed by atoms with Crippen molar-refractivity contribution in [2.45, 2.75) is 26.4 Å². The van der Waals surface area contributed by atoms with E-state index in [-0.39, 0.29) is 0 Å². The van der Waals surface area contributed by atoms with E-state index in [0.29, 0.717) is 16.1 Å².